The van der Waals surface area contributed by atoms with E-state index in [-0.39, 0.29) is 0 Å². The summed E-state index contributed by atoms with van der Waals surface area (Å²) >= 11 is 3.45. The van der Waals surface area contributed by atoms with Crippen LogP contribution in [0.15, 0.2) is 0 Å². The minimum absolute atomic E-state index is 0.958. The van der Waals surface area contributed by atoms with Gasteiger partial charge < -0.3 is 4.74 Å². The molecule has 0 heterocycles. The van der Waals surface area contributed by atoms with Crippen LogP contribution in [0, 0.1) is 0 Å². The van der Waals surface area contributed by atoms with Gasteiger partial charge in [-0.05, 0) is 19.3 Å². The molecule has 2 heteroatoms. The molecule has 0 aliphatic heterocycles. The highest BCUT2D eigenvalue weighted by atomic mass is 79.9. The summed E-state index contributed by atoms with van der Waals surface area (Å²) in [6, 6.07) is 0. The fourth-order valence-corrected chi connectivity index (χ4v) is 1.75. The van der Waals surface area contributed by atoms with E-state index in [1.54, 1.807) is 0 Å². The fourth-order valence-electron chi connectivity index (χ4n) is 1.35. The van der Waals surface area contributed by atoms with E-state index in [4.69, 9.17) is 4.74 Å². The number of unbranched alkanes of at least 4 members (excludes halogenated alkanes) is 6. The lowest BCUT2D eigenvalue weighted by Gasteiger charge is -2.03. The summed E-state index contributed by atoms with van der Waals surface area (Å²) in [6.07, 6.45) is 10.5. The zero-order chi connectivity index (χ0) is 10.5. The second-order valence-corrected chi connectivity index (χ2v) is 4.57. The van der Waals surface area contributed by atoms with E-state index in [1.807, 2.05) is 0 Å². The highest BCUT2D eigenvalue weighted by Gasteiger charge is 1.91. The Kier molecular flexibility index (Phi) is 13.9. The van der Waals surface area contributed by atoms with Crippen molar-refractivity contribution in [1.82, 2.24) is 0 Å². The first-order chi connectivity index (χ1) is 6.91. The van der Waals surface area contributed by atoms with Crippen molar-refractivity contribution in [2.24, 2.45) is 0 Å². The van der Waals surface area contributed by atoms with E-state index < -0.39 is 0 Å². The number of hydrogen-bond acceptors (Lipinski definition) is 1. The Bertz CT molecular complexity index is 84.3. The molecule has 0 aromatic rings. The molecule has 0 saturated carbocycles. The van der Waals surface area contributed by atoms with E-state index in [9.17, 15) is 0 Å². The van der Waals surface area contributed by atoms with Gasteiger partial charge in [-0.25, -0.2) is 0 Å². The molecule has 0 saturated heterocycles. The lowest BCUT2D eigenvalue weighted by Crippen LogP contribution is -1.96. The Morgan fingerprint density at radius 1 is 0.786 bits per heavy atom. The monoisotopic (exact) mass is 264 g/mol. The second-order valence-electron chi connectivity index (χ2n) is 3.78. The van der Waals surface area contributed by atoms with E-state index in [2.05, 4.69) is 22.9 Å². The largest absolute Gasteiger partial charge is 0.381 e. The Morgan fingerprint density at radius 2 is 1.36 bits per heavy atom. The van der Waals surface area contributed by atoms with Crippen LogP contribution in [0.1, 0.15) is 58.3 Å². The van der Waals surface area contributed by atoms with Crippen LogP contribution in [-0.2, 0) is 4.74 Å². The lowest BCUT2D eigenvalue weighted by molar-refractivity contribution is 0.127. The van der Waals surface area contributed by atoms with Crippen molar-refractivity contribution < 1.29 is 4.74 Å². The van der Waals surface area contributed by atoms with Crippen LogP contribution in [0.3, 0.4) is 0 Å². The zero-order valence-electron chi connectivity index (χ0n) is 9.56. The van der Waals surface area contributed by atoms with Crippen LogP contribution >= 0.6 is 15.9 Å². The topological polar surface area (TPSA) is 9.23 Å². The maximum atomic E-state index is 5.49. The number of halogens is 1. The lowest BCUT2D eigenvalue weighted by atomic mass is 10.1. The molecule has 0 spiro atoms. The molecule has 14 heavy (non-hydrogen) atoms. The van der Waals surface area contributed by atoms with Gasteiger partial charge in [-0.3, -0.25) is 0 Å². The Balaban J connectivity index is 2.78. The van der Waals surface area contributed by atoms with E-state index >= 15 is 0 Å². The van der Waals surface area contributed by atoms with Crippen molar-refractivity contribution in [2.75, 3.05) is 18.5 Å². The van der Waals surface area contributed by atoms with Gasteiger partial charge in [0.1, 0.15) is 0 Å². The highest BCUT2D eigenvalue weighted by Crippen LogP contribution is 2.06. The third-order valence-corrected chi connectivity index (χ3v) is 2.88. The second kappa shape index (κ2) is 13.4. The SMILES string of the molecule is CCCCOCCCCCCCCBr. The molecule has 0 bridgehead atoms. The van der Waals surface area contributed by atoms with Crippen LogP contribution in [0.4, 0.5) is 0 Å². The quantitative estimate of drug-likeness (QED) is 0.393. The summed E-state index contributed by atoms with van der Waals surface area (Å²) in [5, 5.41) is 1.16. The first kappa shape index (κ1) is 14.4. The Morgan fingerprint density at radius 3 is 2.00 bits per heavy atom. The summed E-state index contributed by atoms with van der Waals surface area (Å²) < 4.78 is 5.49. The normalized spacial score (nSPS) is 10.7. The summed E-state index contributed by atoms with van der Waals surface area (Å²) in [5.41, 5.74) is 0. The van der Waals surface area contributed by atoms with Crippen molar-refractivity contribution in [3.8, 4) is 0 Å². The average Bonchev–Trinajstić information content (AvgIpc) is 2.21. The summed E-state index contributed by atoms with van der Waals surface area (Å²) in [4.78, 5) is 0. The molecule has 0 aromatic carbocycles. The Labute approximate surface area is 97.7 Å². The highest BCUT2D eigenvalue weighted by molar-refractivity contribution is 9.09. The van der Waals surface area contributed by atoms with Gasteiger partial charge in [-0.15, -0.1) is 0 Å². The number of alkyl halides is 1. The van der Waals surface area contributed by atoms with Crippen molar-refractivity contribution in [1.29, 1.82) is 0 Å². The van der Waals surface area contributed by atoms with Gasteiger partial charge >= 0.3 is 0 Å². The van der Waals surface area contributed by atoms with E-state index in [1.165, 1.54) is 51.4 Å². The minimum atomic E-state index is 0.958. The molecule has 0 aliphatic rings. The summed E-state index contributed by atoms with van der Waals surface area (Å²) in [6.45, 7) is 4.13. The fraction of sp³-hybridized carbons (Fsp3) is 1.00. The van der Waals surface area contributed by atoms with Gasteiger partial charge in [0.15, 0.2) is 0 Å². The van der Waals surface area contributed by atoms with Gasteiger partial charge in [0.05, 0.1) is 0 Å². The van der Waals surface area contributed by atoms with Crippen LogP contribution in [-0.4, -0.2) is 18.5 Å². The molecule has 0 radical (unpaired) electrons. The number of ether oxygens (including phenoxy) is 1. The predicted molar refractivity (Wildman–Crippen MR) is 67.2 cm³/mol. The maximum absolute atomic E-state index is 5.49. The molecule has 0 rings (SSSR count). The molecule has 0 atom stereocenters. The number of rotatable bonds is 11. The molecule has 0 aliphatic carbocycles. The van der Waals surface area contributed by atoms with Crippen LogP contribution in [0.5, 0.6) is 0 Å². The van der Waals surface area contributed by atoms with Gasteiger partial charge in [0, 0.05) is 18.5 Å². The van der Waals surface area contributed by atoms with Gasteiger partial charge in [0.2, 0.25) is 0 Å². The smallest absolute Gasteiger partial charge is 0.0466 e. The van der Waals surface area contributed by atoms with Crippen LogP contribution in [0.2, 0.25) is 0 Å². The number of hydrogen-bond donors (Lipinski definition) is 0. The molecule has 1 nitrogen and oxygen atoms in total. The van der Waals surface area contributed by atoms with Gasteiger partial charge in [0.25, 0.3) is 0 Å². The van der Waals surface area contributed by atoms with Crippen molar-refractivity contribution in [3.63, 3.8) is 0 Å². The maximum Gasteiger partial charge on any atom is 0.0466 e. The van der Waals surface area contributed by atoms with E-state index in [0.717, 1.165) is 18.5 Å². The van der Waals surface area contributed by atoms with Gasteiger partial charge in [-0.2, -0.15) is 0 Å². The molecule has 0 unspecified atom stereocenters. The first-order valence-electron chi connectivity index (χ1n) is 6.05. The zero-order valence-corrected chi connectivity index (χ0v) is 11.2. The van der Waals surface area contributed by atoms with E-state index in [0.29, 0.717) is 0 Å². The molecule has 86 valence electrons. The summed E-state index contributed by atoms with van der Waals surface area (Å²) in [7, 11) is 0. The van der Waals surface area contributed by atoms with Crippen molar-refractivity contribution >= 4 is 15.9 Å². The predicted octanol–water partition coefficient (Wildman–Crippen LogP) is 4.54. The van der Waals surface area contributed by atoms with Crippen LogP contribution < -0.4 is 0 Å². The third-order valence-electron chi connectivity index (χ3n) is 2.31. The van der Waals surface area contributed by atoms with Gasteiger partial charge in [-0.1, -0.05) is 55.0 Å². The first-order valence-corrected chi connectivity index (χ1v) is 7.17. The van der Waals surface area contributed by atoms with Crippen molar-refractivity contribution in [2.45, 2.75) is 58.3 Å². The third kappa shape index (κ3) is 12.4. The Hall–Kier alpha value is 0.440. The van der Waals surface area contributed by atoms with Crippen LogP contribution in [0.25, 0.3) is 0 Å². The molecule has 0 fully saturated rings. The van der Waals surface area contributed by atoms with Crippen molar-refractivity contribution in [3.05, 3.63) is 0 Å². The molecular formula is C12H25BrO. The minimum Gasteiger partial charge on any atom is -0.381 e. The molecule has 0 aromatic heterocycles. The molecule has 0 N–H and O–H groups in total. The average molecular weight is 265 g/mol. The molecular weight excluding hydrogens is 240 g/mol. The standard InChI is InChI=1S/C12H25BrO/c1-2-3-11-14-12-9-7-5-4-6-8-10-13/h2-12H2,1H3. The summed E-state index contributed by atoms with van der Waals surface area (Å²) in [5.74, 6) is 0. The molecule has 0 amide bonds.